The van der Waals surface area contributed by atoms with Gasteiger partial charge in [0, 0.05) is 6.20 Å². The van der Waals surface area contributed by atoms with Crippen molar-refractivity contribution in [2.45, 2.75) is 6.42 Å². The number of amides is 2. The second-order valence-corrected chi connectivity index (χ2v) is 5.08. The van der Waals surface area contributed by atoms with Crippen LogP contribution >= 0.6 is 0 Å². The first-order chi connectivity index (χ1) is 11.2. The van der Waals surface area contributed by atoms with Gasteiger partial charge in [0.25, 0.3) is 5.91 Å². The molecule has 0 aliphatic carbocycles. The molecule has 2 amide bonds. The first-order valence-electron chi connectivity index (χ1n) is 7.20. The summed E-state index contributed by atoms with van der Waals surface area (Å²) < 4.78 is 0. The van der Waals surface area contributed by atoms with Gasteiger partial charge in [-0.15, -0.1) is 0 Å². The van der Waals surface area contributed by atoms with Crippen LogP contribution < -0.4 is 10.9 Å². The summed E-state index contributed by atoms with van der Waals surface area (Å²) >= 11 is 0. The van der Waals surface area contributed by atoms with Crippen LogP contribution in [0.5, 0.6) is 0 Å². The zero-order valence-electron chi connectivity index (χ0n) is 12.3. The van der Waals surface area contributed by atoms with Gasteiger partial charge < -0.3 is 0 Å². The Kier molecular flexibility index (Phi) is 4.29. The Hall–Kier alpha value is -3.21. The van der Waals surface area contributed by atoms with E-state index in [0.29, 0.717) is 0 Å². The van der Waals surface area contributed by atoms with Gasteiger partial charge in [0.1, 0.15) is 5.69 Å². The van der Waals surface area contributed by atoms with Crippen molar-refractivity contribution in [1.82, 2.24) is 15.8 Å². The Balaban J connectivity index is 1.59. The zero-order chi connectivity index (χ0) is 16.1. The summed E-state index contributed by atoms with van der Waals surface area (Å²) in [6, 6.07) is 18.8. The van der Waals surface area contributed by atoms with Crippen LogP contribution in [-0.4, -0.2) is 16.8 Å². The summed E-state index contributed by atoms with van der Waals surface area (Å²) in [4.78, 5) is 27.6. The summed E-state index contributed by atoms with van der Waals surface area (Å²) in [5.41, 5.74) is 5.89. The Morgan fingerprint density at radius 2 is 1.65 bits per heavy atom. The lowest BCUT2D eigenvalue weighted by Crippen LogP contribution is -2.42. The Labute approximate surface area is 133 Å². The molecule has 3 rings (SSSR count). The van der Waals surface area contributed by atoms with E-state index in [1.165, 1.54) is 6.20 Å². The number of carbonyl (C=O) groups excluding carboxylic acids is 2. The molecule has 0 saturated heterocycles. The number of hydrazine groups is 1. The molecule has 0 atom stereocenters. The maximum Gasteiger partial charge on any atom is 0.288 e. The van der Waals surface area contributed by atoms with E-state index in [2.05, 4.69) is 15.8 Å². The summed E-state index contributed by atoms with van der Waals surface area (Å²) in [5, 5.41) is 2.20. The molecular formula is C18H15N3O2. The minimum Gasteiger partial charge on any atom is -0.273 e. The Bertz CT molecular complexity index is 847. The highest BCUT2D eigenvalue weighted by Crippen LogP contribution is 2.15. The summed E-state index contributed by atoms with van der Waals surface area (Å²) in [6.45, 7) is 0. The third-order valence-corrected chi connectivity index (χ3v) is 3.39. The maximum absolute atomic E-state index is 11.9. The van der Waals surface area contributed by atoms with Gasteiger partial charge in [-0.25, -0.2) is 0 Å². The number of hydrogen-bond donors (Lipinski definition) is 2. The molecule has 0 spiro atoms. The fourth-order valence-corrected chi connectivity index (χ4v) is 2.27. The monoisotopic (exact) mass is 305 g/mol. The number of pyridine rings is 1. The van der Waals surface area contributed by atoms with Gasteiger partial charge in [-0.05, 0) is 28.5 Å². The van der Waals surface area contributed by atoms with Gasteiger partial charge in [0.05, 0.1) is 6.42 Å². The van der Waals surface area contributed by atoms with Gasteiger partial charge in [-0.3, -0.25) is 25.4 Å². The van der Waals surface area contributed by atoms with E-state index in [0.717, 1.165) is 16.3 Å². The van der Waals surface area contributed by atoms with Crippen molar-refractivity contribution in [1.29, 1.82) is 0 Å². The van der Waals surface area contributed by atoms with Crippen LogP contribution in [0.15, 0.2) is 66.9 Å². The number of rotatable bonds is 3. The van der Waals surface area contributed by atoms with Crippen molar-refractivity contribution >= 4 is 22.6 Å². The van der Waals surface area contributed by atoms with Crippen molar-refractivity contribution in [2.24, 2.45) is 0 Å². The molecule has 0 bridgehead atoms. The molecule has 2 aromatic carbocycles. The van der Waals surface area contributed by atoms with Crippen LogP contribution in [0.25, 0.3) is 10.8 Å². The minimum absolute atomic E-state index is 0.188. The summed E-state index contributed by atoms with van der Waals surface area (Å²) in [7, 11) is 0. The highest BCUT2D eigenvalue weighted by atomic mass is 16.2. The maximum atomic E-state index is 11.9. The van der Waals surface area contributed by atoms with Crippen molar-refractivity contribution < 1.29 is 9.59 Å². The first kappa shape index (κ1) is 14.7. The van der Waals surface area contributed by atoms with Crippen LogP contribution in [-0.2, 0) is 11.2 Å². The normalized spacial score (nSPS) is 10.3. The highest BCUT2D eigenvalue weighted by Gasteiger charge is 2.08. The molecule has 0 unspecified atom stereocenters. The molecule has 114 valence electrons. The fraction of sp³-hybridized carbons (Fsp3) is 0.0556. The van der Waals surface area contributed by atoms with Crippen LogP contribution in [0, 0.1) is 0 Å². The van der Waals surface area contributed by atoms with Gasteiger partial charge in [-0.1, -0.05) is 48.5 Å². The SMILES string of the molecule is O=C(Cc1ccc2ccccc2c1)NNC(=O)c1ccccn1. The van der Waals surface area contributed by atoms with E-state index in [1.54, 1.807) is 18.2 Å². The predicted octanol–water partition coefficient (Wildman–Crippen LogP) is 2.24. The van der Waals surface area contributed by atoms with Gasteiger partial charge in [0.2, 0.25) is 5.91 Å². The number of carbonyl (C=O) groups is 2. The lowest BCUT2D eigenvalue weighted by atomic mass is 10.1. The molecule has 0 saturated carbocycles. The van der Waals surface area contributed by atoms with Crippen LogP contribution in [0.3, 0.4) is 0 Å². The standard InChI is InChI=1S/C18H15N3O2/c22-17(20-21-18(23)16-7-3-4-10-19-16)12-13-8-9-14-5-1-2-6-15(14)11-13/h1-11H,12H2,(H,20,22)(H,21,23). The van der Waals surface area contributed by atoms with E-state index in [-0.39, 0.29) is 18.0 Å². The smallest absolute Gasteiger partial charge is 0.273 e. The van der Waals surface area contributed by atoms with Crippen molar-refractivity contribution in [3.63, 3.8) is 0 Å². The number of nitrogens with zero attached hydrogens (tertiary/aromatic N) is 1. The average Bonchev–Trinajstić information content (AvgIpc) is 2.60. The molecule has 1 heterocycles. The number of aromatic nitrogens is 1. The van der Waals surface area contributed by atoms with Gasteiger partial charge in [-0.2, -0.15) is 0 Å². The lowest BCUT2D eigenvalue weighted by Gasteiger charge is -2.07. The number of nitrogens with one attached hydrogen (secondary N) is 2. The zero-order valence-corrected chi connectivity index (χ0v) is 12.3. The van der Waals surface area contributed by atoms with Gasteiger partial charge >= 0.3 is 0 Å². The topological polar surface area (TPSA) is 71.1 Å². The molecule has 0 aliphatic heterocycles. The van der Waals surface area contributed by atoms with Crippen LogP contribution in [0.4, 0.5) is 0 Å². The van der Waals surface area contributed by atoms with E-state index in [9.17, 15) is 9.59 Å². The highest BCUT2D eigenvalue weighted by molar-refractivity contribution is 5.94. The number of benzene rings is 2. The first-order valence-corrected chi connectivity index (χ1v) is 7.20. The Morgan fingerprint density at radius 3 is 2.43 bits per heavy atom. The van der Waals surface area contributed by atoms with Crippen LogP contribution in [0.1, 0.15) is 16.1 Å². The molecule has 1 aromatic heterocycles. The third-order valence-electron chi connectivity index (χ3n) is 3.39. The molecule has 23 heavy (non-hydrogen) atoms. The third kappa shape index (κ3) is 3.71. The van der Waals surface area contributed by atoms with Crippen molar-refractivity contribution in [3.8, 4) is 0 Å². The molecule has 0 fully saturated rings. The van der Waals surface area contributed by atoms with E-state index < -0.39 is 5.91 Å². The fourth-order valence-electron chi connectivity index (χ4n) is 2.27. The molecule has 5 heteroatoms. The molecule has 0 radical (unpaired) electrons. The second kappa shape index (κ2) is 6.70. The summed E-state index contributed by atoms with van der Waals surface area (Å²) in [5.74, 6) is -0.734. The van der Waals surface area contributed by atoms with E-state index >= 15 is 0 Å². The average molecular weight is 305 g/mol. The van der Waals surface area contributed by atoms with Crippen LogP contribution in [0.2, 0.25) is 0 Å². The quantitative estimate of drug-likeness (QED) is 0.729. The molecule has 0 aliphatic rings. The van der Waals surface area contributed by atoms with E-state index in [1.807, 2.05) is 42.5 Å². The predicted molar refractivity (Wildman–Crippen MR) is 87.5 cm³/mol. The molecule has 3 aromatic rings. The second-order valence-electron chi connectivity index (χ2n) is 5.08. The van der Waals surface area contributed by atoms with E-state index in [4.69, 9.17) is 0 Å². The Morgan fingerprint density at radius 1 is 0.870 bits per heavy atom. The summed E-state index contributed by atoms with van der Waals surface area (Å²) in [6.07, 6.45) is 1.71. The molecule has 5 nitrogen and oxygen atoms in total. The number of fused-ring (bicyclic) bond motifs is 1. The molecule has 2 N–H and O–H groups in total. The number of hydrogen-bond acceptors (Lipinski definition) is 3. The van der Waals surface area contributed by atoms with Crippen molar-refractivity contribution in [2.75, 3.05) is 0 Å². The molecular weight excluding hydrogens is 290 g/mol. The minimum atomic E-state index is -0.447. The lowest BCUT2D eigenvalue weighted by molar-refractivity contribution is -0.121. The van der Waals surface area contributed by atoms with Gasteiger partial charge in [0.15, 0.2) is 0 Å². The largest absolute Gasteiger partial charge is 0.288 e. The van der Waals surface area contributed by atoms with Crippen molar-refractivity contribution in [3.05, 3.63) is 78.1 Å².